The van der Waals surface area contributed by atoms with Crippen molar-refractivity contribution >= 4 is 45.2 Å². The highest BCUT2D eigenvalue weighted by Crippen LogP contribution is 2.29. The molecule has 108 valence electrons. The summed E-state index contributed by atoms with van der Waals surface area (Å²) < 4.78 is 3.34. The standard InChI is InChI=1S/C17H16ClIN2/c1-3-12-4-7-14(8-5-12)21-16-9-6-13(19)10-15(16)20-17(21)11(2)18/h4-11H,3H2,1-2H3. The smallest absolute Gasteiger partial charge is 0.132 e. The third kappa shape index (κ3) is 2.81. The number of nitrogens with zero attached hydrogens (tertiary/aromatic N) is 2. The summed E-state index contributed by atoms with van der Waals surface area (Å²) in [5.41, 5.74) is 4.53. The monoisotopic (exact) mass is 410 g/mol. The van der Waals surface area contributed by atoms with Crippen molar-refractivity contribution in [3.05, 3.63) is 57.4 Å². The second kappa shape index (κ2) is 5.97. The Morgan fingerprint density at radius 1 is 1.19 bits per heavy atom. The fourth-order valence-corrected chi connectivity index (χ4v) is 3.11. The Labute approximate surface area is 143 Å². The number of benzene rings is 2. The molecule has 0 saturated carbocycles. The number of rotatable bonds is 3. The summed E-state index contributed by atoms with van der Waals surface area (Å²) in [5.74, 6) is 0.887. The zero-order chi connectivity index (χ0) is 15.0. The van der Waals surface area contributed by atoms with Crippen LogP contribution in [0.2, 0.25) is 0 Å². The van der Waals surface area contributed by atoms with E-state index in [4.69, 9.17) is 16.6 Å². The van der Waals surface area contributed by atoms with E-state index in [0.717, 1.165) is 29.0 Å². The largest absolute Gasteiger partial charge is 0.295 e. The predicted molar refractivity (Wildman–Crippen MR) is 97.4 cm³/mol. The van der Waals surface area contributed by atoms with Gasteiger partial charge in [-0.1, -0.05) is 19.1 Å². The third-order valence-corrected chi connectivity index (χ3v) is 4.47. The molecule has 21 heavy (non-hydrogen) atoms. The van der Waals surface area contributed by atoms with Gasteiger partial charge in [0.2, 0.25) is 0 Å². The van der Waals surface area contributed by atoms with Crippen LogP contribution in [0.4, 0.5) is 0 Å². The van der Waals surface area contributed by atoms with Gasteiger partial charge in [0.1, 0.15) is 5.82 Å². The van der Waals surface area contributed by atoms with E-state index in [1.54, 1.807) is 0 Å². The first kappa shape index (κ1) is 14.9. The molecule has 2 nitrogen and oxygen atoms in total. The summed E-state index contributed by atoms with van der Waals surface area (Å²) in [4.78, 5) is 4.72. The van der Waals surface area contributed by atoms with Crippen molar-refractivity contribution in [3.63, 3.8) is 0 Å². The van der Waals surface area contributed by atoms with Gasteiger partial charge in [-0.15, -0.1) is 11.6 Å². The van der Waals surface area contributed by atoms with Crippen molar-refractivity contribution in [2.24, 2.45) is 0 Å². The summed E-state index contributed by atoms with van der Waals surface area (Å²) in [6.45, 7) is 4.13. The van der Waals surface area contributed by atoms with Crippen molar-refractivity contribution in [2.45, 2.75) is 25.6 Å². The Morgan fingerprint density at radius 2 is 1.90 bits per heavy atom. The lowest BCUT2D eigenvalue weighted by atomic mass is 10.1. The normalized spacial score (nSPS) is 12.8. The molecule has 0 fully saturated rings. The number of aryl methyl sites for hydroxylation is 1. The van der Waals surface area contributed by atoms with Crippen molar-refractivity contribution in [1.29, 1.82) is 0 Å². The van der Waals surface area contributed by atoms with Crippen molar-refractivity contribution < 1.29 is 0 Å². The van der Waals surface area contributed by atoms with E-state index < -0.39 is 0 Å². The SMILES string of the molecule is CCc1ccc(-n2c(C(C)Cl)nc3cc(I)ccc32)cc1. The van der Waals surface area contributed by atoms with E-state index >= 15 is 0 Å². The first-order valence-electron chi connectivity index (χ1n) is 7.01. The van der Waals surface area contributed by atoms with E-state index in [9.17, 15) is 0 Å². The molecule has 1 atom stereocenters. The van der Waals surface area contributed by atoms with Crippen LogP contribution >= 0.6 is 34.2 Å². The summed E-state index contributed by atoms with van der Waals surface area (Å²) in [6, 6.07) is 14.9. The van der Waals surface area contributed by atoms with Crippen LogP contribution in [0.25, 0.3) is 16.7 Å². The van der Waals surface area contributed by atoms with Gasteiger partial charge in [0, 0.05) is 9.26 Å². The zero-order valence-electron chi connectivity index (χ0n) is 12.0. The first-order chi connectivity index (χ1) is 10.1. The van der Waals surface area contributed by atoms with Crippen LogP contribution < -0.4 is 0 Å². The average molecular weight is 411 g/mol. The Morgan fingerprint density at radius 3 is 2.52 bits per heavy atom. The molecular formula is C17H16ClIN2. The van der Waals surface area contributed by atoms with Crippen LogP contribution in [0.3, 0.4) is 0 Å². The zero-order valence-corrected chi connectivity index (χ0v) is 14.9. The minimum absolute atomic E-state index is 0.138. The molecule has 0 aliphatic carbocycles. The molecule has 0 aliphatic rings. The van der Waals surface area contributed by atoms with Gasteiger partial charge in [-0.05, 0) is 71.8 Å². The number of fused-ring (bicyclic) bond motifs is 1. The molecule has 0 N–H and O–H groups in total. The van der Waals surface area contributed by atoms with E-state index in [1.807, 2.05) is 6.92 Å². The Hall–Kier alpha value is -1.07. The second-order valence-electron chi connectivity index (χ2n) is 5.07. The number of alkyl halides is 1. The number of aromatic nitrogens is 2. The lowest BCUT2D eigenvalue weighted by Crippen LogP contribution is -2.02. The molecule has 3 aromatic rings. The molecule has 4 heteroatoms. The molecule has 0 radical (unpaired) electrons. The quantitative estimate of drug-likeness (QED) is 0.412. The van der Waals surface area contributed by atoms with Crippen LogP contribution in [0, 0.1) is 3.57 Å². The molecular weight excluding hydrogens is 395 g/mol. The number of imidazole rings is 1. The van der Waals surface area contributed by atoms with Gasteiger partial charge in [0.15, 0.2) is 0 Å². The highest BCUT2D eigenvalue weighted by atomic mass is 127. The lowest BCUT2D eigenvalue weighted by molar-refractivity contribution is 0.882. The molecule has 0 bridgehead atoms. The summed E-state index contributed by atoms with van der Waals surface area (Å²) in [6.07, 6.45) is 1.04. The molecule has 3 rings (SSSR count). The summed E-state index contributed by atoms with van der Waals surface area (Å²) >= 11 is 8.65. The van der Waals surface area contributed by atoms with Gasteiger partial charge in [0.05, 0.1) is 16.4 Å². The van der Waals surface area contributed by atoms with Gasteiger partial charge >= 0.3 is 0 Å². The highest BCUT2D eigenvalue weighted by molar-refractivity contribution is 14.1. The minimum atomic E-state index is -0.138. The van der Waals surface area contributed by atoms with Crippen molar-refractivity contribution in [3.8, 4) is 5.69 Å². The van der Waals surface area contributed by atoms with E-state index in [-0.39, 0.29) is 5.38 Å². The Kier molecular flexibility index (Phi) is 4.22. The second-order valence-corrected chi connectivity index (χ2v) is 6.97. The van der Waals surface area contributed by atoms with Crippen LogP contribution in [0.15, 0.2) is 42.5 Å². The lowest BCUT2D eigenvalue weighted by Gasteiger charge is -2.11. The highest BCUT2D eigenvalue weighted by Gasteiger charge is 2.16. The molecule has 2 aromatic carbocycles. The molecule has 1 aromatic heterocycles. The van der Waals surface area contributed by atoms with Crippen LogP contribution in [-0.4, -0.2) is 9.55 Å². The van der Waals surface area contributed by atoms with Crippen LogP contribution in [-0.2, 0) is 6.42 Å². The van der Waals surface area contributed by atoms with E-state index in [2.05, 4.69) is 76.5 Å². The molecule has 1 heterocycles. The number of hydrogen-bond acceptors (Lipinski definition) is 1. The summed E-state index contributed by atoms with van der Waals surface area (Å²) in [7, 11) is 0. The molecule has 0 saturated heterocycles. The Balaban J connectivity index is 2.25. The van der Waals surface area contributed by atoms with E-state index in [0.29, 0.717) is 0 Å². The van der Waals surface area contributed by atoms with Gasteiger partial charge < -0.3 is 0 Å². The maximum atomic E-state index is 6.34. The van der Waals surface area contributed by atoms with Gasteiger partial charge in [-0.25, -0.2) is 4.98 Å². The average Bonchev–Trinajstić information content (AvgIpc) is 2.86. The molecule has 0 aliphatic heterocycles. The van der Waals surface area contributed by atoms with Crippen LogP contribution in [0.1, 0.15) is 30.6 Å². The van der Waals surface area contributed by atoms with Crippen LogP contribution in [0.5, 0.6) is 0 Å². The van der Waals surface area contributed by atoms with Gasteiger partial charge in [-0.2, -0.15) is 0 Å². The fourth-order valence-electron chi connectivity index (χ4n) is 2.49. The number of hydrogen-bond donors (Lipinski definition) is 0. The Bertz CT molecular complexity index is 775. The molecule has 1 unspecified atom stereocenters. The van der Waals surface area contributed by atoms with Crippen molar-refractivity contribution in [2.75, 3.05) is 0 Å². The maximum Gasteiger partial charge on any atom is 0.132 e. The van der Waals surface area contributed by atoms with Gasteiger partial charge in [0.25, 0.3) is 0 Å². The minimum Gasteiger partial charge on any atom is -0.295 e. The fraction of sp³-hybridized carbons (Fsp3) is 0.235. The maximum absolute atomic E-state index is 6.34. The number of halogens is 2. The first-order valence-corrected chi connectivity index (χ1v) is 8.53. The molecule has 0 spiro atoms. The molecule has 0 amide bonds. The summed E-state index contributed by atoms with van der Waals surface area (Å²) in [5, 5.41) is -0.138. The topological polar surface area (TPSA) is 17.8 Å². The van der Waals surface area contributed by atoms with Gasteiger partial charge in [-0.3, -0.25) is 4.57 Å². The van der Waals surface area contributed by atoms with E-state index in [1.165, 1.54) is 9.13 Å². The third-order valence-electron chi connectivity index (χ3n) is 3.60. The van der Waals surface area contributed by atoms with Crippen molar-refractivity contribution in [1.82, 2.24) is 9.55 Å². The predicted octanol–water partition coefficient (Wildman–Crippen LogP) is 5.49.